The molecule has 5 heteroatoms. The number of aliphatic hydroxyl groups is 1. The fourth-order valence-electron chi connectivity index (χ4n) is 2.20. The fraction of sp³-hybridized carbons (Fsp3) is 0.667. The highest BCUT2D eigenvalue weighted by molar-refractivity contribution is 5.20. The molecule has 0 aromatic carbocycles. The first-order valence-electron chi connectivity index (χ1n) is 7.37. The predicted molar refractivity (Wildman–Crippen MR) is 79.9 cm³/mol. The maximum atomic E-state index is 11.6. The molecule has 1 heterocycles. The Morgan fingerprint density at radius 3 is 2.65 bits per heavy atom. The normalized spacial score (nSPS) is 11.2. The van der Waals surface area contributed by atoms with Gasteiger partial charge in [0.2, 0.25) is 5.43 Å². The molecule has 0 aliphatic carbocycles. The maximum Gasteiger partial charge on any atom is 0.223 e. The van der Waals surface area contributed by atoms with E-state index in [0.29, 0.717) is 13.1 Å². The third-order valence-electron chi connectivity index (χ3n) is 3.45. The van der Waals surface area contributed by atoms with Gasteiger partial charge >= 0.3 is 0 Å². The number of likely N-dealkylation sites (N-methyl/N-ethyl adjacent to an activating group) is 1. The topological polar surface area (TPSA) is 65.7 Å². The van der Waals surface area contributed by atoms with E-state index in [4.69, 9.17) is 5.11 Å². The van der Waals surface area contributed by atoms with Crippen molar-refractivity contribution in [1.82, 2.24) is 9.47 Å². The molecule has 1 aromatic heterocycles. The van der Waals surface area contributed by atoms with Crippen LogP contribution in [0.4, 0.5) is 0 Å². The molecule has 0 saturated carbocycles. The van der Waals surface area contributed by atoms with Crippen LogP contribution in [0.2, 0.25) is 0 Å². The van der Waals surface area contributed by atoms with E-state index < -0.39 is 0 Å². The minimum Gasteiger partial charge on any atom is -0.503 e. The van der Waals surface area contributed by atoms with Gasteiger partial charge in [0.25, 0.3) is 0 Å². The second-order valence-electron chi connectivity index (χ2n) is 5.01. The average molecular weight is 282 g/mol. The zero-order valence-electron chi connectivity index (χ0n) is 12.5. The van der Waals surface area contributed by atoms with Crippen molar-refractivity contribution >= 4 is 0 Å². The number of nitrogens with zero attached hydrogens (tertiary/aromatic N) is 2. The Kier molecular flexibility index (Phi) is 7.33. The van der Waals surface area contributed by atoms with E-state index in [-0.39, 0.29) is 17.8 Å². The summed E-state index contributed by atoms with van der Waals surface area (Å²) in [6, 6.07) is 1.50. The van der Waals surface area contributed by atoms with Gasteiger partial charge in [0, 0.05) is 31.4 Å². The highest BCUT2D eigenvalue weighted by atomic mass is 16.3. The first-order valence-corrected chi connectivity index (χ1v) is 7.37. The molecule has 0 aliphatic rings. The van der Waals surface area contributed by atoms with E-state index in [0.717, 1.165) is 38.0 Å². The van der Waals surface area contributed by atoms with Crippen LogP contribution in [0.25, 0.3) is 0 Å². The van der Waals surface area contributed by atoms with Crippen LogP contribution < -0.4 is 5.43 Å². The number of aryl methyl sites for hydroxylation is 1. The van der Waals surface area contributed by atoms with Crippen molar-refractivity contribution in [2.45, 2.75) is 46.2 Å². The number of rotatable bonds is 9. The van der Waals surface area contributed by atoms with Crippen LogP contribution >= 0.6 is 0 Å². The zero-order chi connectivity index (χ0) is 15.0. The molecular weight excluding hydrogens is 256 g/mol. The summed E-state index contributed by atoms with van der Waals surface area (Å²) in [5.74, 6) is -0.199. The van der Waals surface area contributed by atoms with Crippen LogP contribution in [-0.2, 0) is 13.1 Å². The largest absolute Gasteiger partial charge is 0.503 e. The lowest BCUT2D eigenvalue weighted by Crippen LogP contribution is -2.28. The number of hydrogen-bond acceptors (Lipinski definition) is 4. The molecule has 0 saturated heterocycles. The number of aromatic hydroxyl groups is 1. The molecule has 0 unspecified atom stereocenters. The van der Waals surface area contributed by atoms with E-state index in [1.165, 1.54) is 12.3 Å². The molecule has 0 amide bonds. The molecule has 0 spiro atoms. The Morgan fingerprint density at radius 2 is 2.05 bits per heavy atom. The summed E-state index contributed by atoms with van der Waals surface area (Å²) in [4.78, 5) is 13.7. The van der Waals surface area contributed by atoms with Gasteiger partial charge in [-0.15, -0.1) is 0 Å². The van der Waals surface area contributed by atoms with Gasteiger partial charge in [0.15, 0.2) is 5.75 Å². The van der Waals surface area contributed by atoms with Crippen molar-refractivity contribution in [3.05, 3.63) is 28.2 Å². The Balaban J connectivity index is 2.90. The van der Waals surface area contributed by atoms with E-state index in [1.807, 2.05) is 11.5 Å². The second kappa shape index (κ2) is 8.76. The van der Waals surface area contributed by atoms with E-state index >= 15 is 0 Å². The Morgan fingerprint density at radius 1 is 1.30 bits per heavy atom. The second-order valence-corrected chi connectivity index (χ2v) is 5.01. The molecule has 0 bridgehead atoms. The molecule has 1 rings (SSSR count). The minimum atomic E-state index is -0.341. The number of aliphatic hydroxyl groups excluding tert-OH is 1. The lowest BCUT2D eigenvalue weighted by molar-refractivity contribution is 0.193. The van der Waals surface area contributed by atoms with Crippen LogP contribution in [0.15, 0.2) is 17.1 Å². The highest BCUT2D eigenvalue weighted by Gasteiger charge is 2.09. The predicted octanol–water partition coefficient (Wildman–Crippen LogP) is 1.56. The first-order chi connectivity index (χ1) is 9.62. The van der Waals surface area contributed by atoms with Crippen molar-refractivity contribution < 1.29 is 10.2 Å². The molecule has 2 N–H and O–H groups in total. The lowest BCUT2D eigenvalue weighted by Gasteiger charge is -2.22. The van der Waals surface area contributed by atoms with Gasteiger partial charge in [0.05, 0.1) is 12.8 Å². The number of unbranched alkanes of at least 4 members (excludes halogenated alkanes) is 2. The molecule has 0 atom stereocenters. The van der Waals surface area contributed by atoms with Gasteiger partial charge in [-0.2, -0.15) is 0 Å². The summed E-state index contributed by atoms with van der Waals surface area (Å²) < 4.78 is 1.95. The van der Waals surface area contributed by atoms with Crippen LogP contribution in [-0.4, -0.2) is 39.4 Å². The van der Waals surface area contributed by atoms with Gasteiger partial charge in [-0.05, 0) is 13.0 Å². The van der Waals surface area contributed by atoms with Crippen LogP contribution in [0.1, 0.15) is 38.8 Å². The smallest absolute Gasteiger partial charge is 0.223 e. The number of pyridine rings is 1. The third-order valence-corrected chi connectivity index (χ3v) is 3.45. The quantitative estimate of drug-likeness (QED) is 0.675. The fourth-order valence-corrected chi connectivity index (χ4v) is 2.20. The molecule has 114 valence electrons. The molecule has 0 fully saturated rings. The molecule has 0 radical (unpaired) electrons. The number of hydrogen-bond donors (Lipinski definition) is 2. The molecule has 0 aliphatic heterocycles. The summed E-state index contributed by atoms with van der Waals surface area (Å²) in [6.45, 7) is 7.07. The zero-order valence-corrected chi connectivity index (χ0v) is 12.5. The van der Waals surface area contributed by atoms with Crippen molar-refractivity contribution in [3.63, 3.8) is 0 Å². The van der Waals surface area contributed by atoms with Gasteiger partial charge in [-0.25, -0.2) is 0 Å². The molecule has 1 aromatic rings. The van der Waals surface area contributed by atoms with Gasteiger partial charge in [-0.1, -0.05) is 26.7 Å². The summed E-state index contributed by atoms with van der Waals surface area (Å²) in [6.07, 6.45) is 4.81. The SMILES string of the molecule is CCCCCn1cc(O)c(=O)cc1CN(CC)CCO. The summed E-state index contributed by atoms with van der Waals surface area (Å²) >= 11 is 0. The highest BCUT2D eigenvalue weighted by Crippen LogP contribution is 2.10. The van der Waals surface area contributed by atoms with Gasteiger partial charge in [-0.3, -0.25) is 9.69 Å². The Hall–Kier alpha value is -1.33. The van der Waals surface area contributed by atoms with E-state index in [9.17, 15) is 9.90 Å². The standard InChI is InChI=1S/C15H26N2O3/c1-3-5-6-7-17-12-15(20)14(19)10-13(17)11-16(4-2)8-9-18/h10,12,18,20H,3-9,11H2,1-2H3. The van der Waals surface area contributed by atoms with Crippen LogP contribution in [0, 0.1) is 0 Å². The Labute approximate surface area is 120 Å². The lowest BCUT2D eigenvalue weighted by atomic mass is 10.2. The summed E-state index contributed by atoms with van der Waals surface area (Å²) in [5, 5.41) is 18.6. The average Bonchev–Trinajstić information content (AvgIpc) is 2.43. The first kappa shape index (κ1) is 16.7. The van der Waals surface area contributed by atoms with Crippen molar-refractivity contribution in [3.8, 4) is 5.75 Å². The van der Waals surface area contributed by atoms with E-state index in [1.54, 1.807) is 0 Å². The van der Waals surface area contributed by atoms with E-state index in [2.05, 4.69) is 11.8 Å². The van der Waals surface area contributed by atoms with Crippen molar-refractivity contribution in [2.24, 2.45) is 0 Å². The molecule has 5 nitrogen and oxygen atoms in total. The maximum absolute atomic E-state index is 11.6. The monoisotopic (exact) mass is 282 g/mol. The summed E-state index contributed by atoms with van der Waals surface area (Å²) in [5.41, 5.74) is 0.547. The third kappa shape index (κ3) is 4.98. The van der Waals surface area contributed by atoms with Crippen molar-refractivity contribution in [2.75, 3.05) is 19.7 Å². The van der Waals surface area contributed by atoms with Crippen LogP contribution in [0.5, 0.6) is 5.75 Å². The summed E-state index contributed by atoms with van der Waals surface area (Å²) in [7, 11) is 0. The van der Waals surface area contributed by atoms with Crippen molar-refractivity contribution in [1.29, 1.82) is 0 Å². The minimum absolute atomic E-state index is 0.103. The van der Waals surface area contributed by atoms with Crippen LogP contribution in [0.3, 0.4) is 0 Å². The number of aromatic nitrogens is 1. The molecular formula is C15H26N2O3. The van der Waals surface area contributed by atoms with Gasteiger partial charge < -0.3 is 14.8 Å². The molecule has 20 heavy (non-hydrogen) atoms. The van der Waals surface area contributed by atoms with Gasteiger partial charge in [0.1, 0.15) is 0 Å². The Bertz CT molecular complexity index is 457.